The van der Waals surface area contributed by atoms with E-state index in [4.69, 9.17) is 19.7 Å². The lowest BCUT2D eigenvalue weighted by atomic mass is 10.0. The Balaban J connectivity index is 1.47. The Morgan fingerprint density at radius 2 is 1.48 bits per heavy atom. The zero-order valence-corrected chi connectivity index (χ0v) is 19.9. The summed E-state index contributed by atoms with van der Waals surface area (Å²) in [6, 6.07) is 13.1. The predicted molar refractivity (Wildman–Crippen MR) is 134 cm³/mol. The molecule has 0 atom stereocenters. The maximum absolute atomic E-state index is 5.58. The number of aryl methyl sites for hydroxylation is 4. The molecule has 6 heteroatoms. The Morgan fingerprint density at radius 1 is 0.848 bits per heavy atom. The number of rotatable bonds is 4. The molecule has 6 nitrogen and oxygen atoms in total. The van der Waals surface area contributed by atoms with Crippen LogP contribution in [-0.4, -0.2) is 42.1 Å². The van der Waals surface area contributed by atoms with E-state index in [1.807, 2.05) is 0 Å². The van der Waals surface area contributed by atoms with E-state index in [1.165, 1.54) is 27.8 Å². The van der Waals surface area contributed by atoms with Crippen LogP contribution in [-0.2, 0) is 17.6 Å². The van der Waals surface area contributed by atoms with E-state index in [9.17, 15) is 0 Å². The van der Waals surface area contributed by atoms with Crippen molar-refractivity contribution in [2.45, 2.75) is 40.5 Å². The average Bonchev–Trinajstić information content (AvgIpc) is 3.14. The largest absolute Gasteiger partial charge is 0.378 e. The van der Waals surface area contributed by atoms with Gasteiger partial charge >= 0.3 is 0 Å². The summed E-state index contributed by atoms with van der Waals surface area (Å²) >= 11 is 0. The van der Waals surface area contributed by atoms with Gasteiger partial charge in [0.25, 0.3) is 0 Å². The van der Waals surface area contributed by atoms with Gasteiger partial charge in [-0.25, -0.2) is 15.0 Å². The van der Waals surface area contributed by atoms with Crippen molar-refractivity contribution in [3.8, 4) is 0 Å². The van der Waals surface area contributed by atoms with Crippen molar-refractivity contribution >= 4 is 23.0 Å². The maximum Gasteiger partial charge on any atom is 0.158 e. The van der Waals surface area contributed by atoms with Crippen LogP contribution in [0.1, 0.15) is 39.3 Å². The molecule has 1 fully saturated rings. The highest BCUT2D eigenvalue weighted by atomic mass is 16.5. The first kappa shape index (κ1) is 21.6. The standard InChI is InChI=1S/C27H31N5O/c1-17-9-18(2)12-21(11-17)15-24-29-23-16-25(28-22-13-19(3)10-20(4)14-22)30-26(23)27(31-24)32-5-7-33-8-6-32/h9-14H,5-8,15-16H2,1-4H3,(H,28,30). The van der Waals surface area contributed by atoms with Crippen molar-refractivity contribution < 1.29 is 4.74 Å². The molecule has 0 unspecified atom stereocenters. The quantitative estimate of drug-likeness (QED) is 0.628. The van der Waals surface area contributed by atoms with Gasteiger partial charge in [0, 0.05) is 25.2 Å². The van der Waals surface area contributed by atoms with Gasteiger partial charge in [-0.05, 0) is 56.5 Å². The minimum absolute atomic E-state index is 0.683. The molecule has 0 spiro atoms. The number of fused-ring (bicyclic) bond motifs is 1. The van der Waals surface area contributed by atoms with Crippen molar-refractivity contribution in [3.05, 3.63) is 75.7 Å². The van der Waals surface area contributed by atoms with Crippen LogP contribution in [0, 0.1) is 27.7 Å². The summed E-state index contributed by atoms with van der Waals surface area (Å²) in [5.41, 5.74) is 9.20. The fourth-order valence-corrected chi connectivity index (χ4v) is 4.82. The van der Waals surface area contributed by atoms with Crippen LogP contribution < -0.4 is 10.2 Å². The van der Waals surface area contributed by atoms with Gasteiger partial charge in [0.1, 0.15) is 17.3 Å². The fourth-order valence-electron chi connectivity index (χ4n) is 4.82. The summed E-state index contributed by atoms with van der Waals surface area (Å²) in [7, 11) is 0. The van der Waals surface area contributed by atoms with Gasteiger partial charge in [0.2, 0.25) is 0 Å². The Hall–Kier alpha value is -3.25. The zero-order chi connectivity index (χ0) is 22.9. The fraction of sp³-hybridized carbons (Fsp3) is 0.370. The smallest absolute Gasteiger partial charge is 0.158 e. The molecule has 2 aliphatic heterocycles. The van der Waals surface area contributed by atoms with Crippen LogP contribution in [0.25, 0.3) is 0 Å². The Bertz CT molecular complexity index is 1190. The summed E-state index contributed by atoms with van der Waals surface area (Å²) in [5, 5.41) is 3.52. The second-order valence-electron chi connectivity index (χ2n) is 9.27. The van der Waals surface area contributed by atoms with Crippen LogP contribution in [0.4, 0.5) is 17.2 Å². The highest BCUT2D eigenvalue weighted by Crippen LogP contribution is 2.35. The molecule has 170 valence electrons. The van der Waals surface area contributed by atoms with Gasteiger partial charge in [-0.15, -0.1) is 0 Å². The van der Waals surface area contributed by atoms with E-state index in [0.717, 1.165) is 47.6 Å². The minimum atomic E-state index is 0.683. The van der Waals surface area contributed by atoms with Crippen LogP contribution >= 0.6 is 0 Å². The van der Waals surface area contributed by atoms with Crippen LogP contribution in [0.15, 0.2) is 41.4 Å². The second kappa shape index (κ2) is 8.94. The van der Waals surface area contributed by atoms with E-state index >= 15 is 0 Å². The first-order valence-corrected chi connectivity index (χ1v) is 11.7. The van der Waals surface area contributed by atoms with Gasteiger partial charge in [-0.1, -0.05) is 35.4 Å². The number of nitrogens with one attached hydrogen (secondary N) is 1. The maximum atomic E-state index is 5.58. The summed E-state index contributed by atoms with van der Waals surface area (Å²) in [6.45, 7) is 11.6. The molecule has 2 aromatic carbocycles. The molecule has 2 aliphatic rings. The molecule has 3 heterocycles. The molecule has 33 heavy (non-hydrogen) atoms. The van der Waals surface area contributed by atoms with Gasteiger partial charge in [-0.2, -0.15) is 0 Å². The highest BCUT2D eigenvalue weighted by molar-refractivity contribution is 6.03. The predicted octanol–water partition coefficient (Wildman–Crippen LogP) is 4.84. The molecule has 1 N–H and O–H groups in total. The molecule has 0 bridgehead atoms. The third-order valence-corrected chi connectivity index (χ3v) is 6.03. The van der Waals surface area contributed by atoms with Crippen LogP contribution in [0.5, 0.6) is 0 Å². The molecule has 0 saturated carbocycles. The first-order chi connectivity index (χ1) is 15.9. The lowest BCUT2D eigenvalue weighted by molar-refractivity contribution is 0.122. The van der Waals surface area contributed by atoms with Crippen molar-refractivity contribution in [3.63, 3.8) is 0 Å². The lowest BCUT2D eigenvalue weighted by Gasteiger charge is -2.29. The summed E-state index contributed by atoms with van der Waals surface area (Å²) in [6.07, 6.45) is 1.40. The van der Waals surface area contributed by atoms with Crippen LogP contribution in [0.2, 0.25) is 0 Å². The van der Waals surface area contributed by atoms with E-state index < -0.39 is 0 Å². The molecule has 1 saturated heterocycles. The topological polar surface area (TPSA) is 62.6 Å². The first-order valence-electron chi connectivity index (χ1n) is 11.7. The molecular weight excluding hydrogens is 410 g/mol. The van der Waals surface area contributed by atoms with Crippen molar-refractivity contribution in [1.29, 1.82) is 0 Å². The lowest BCUT2D eigenvalue weighted by Crippen LogP contribution is -2.37. The summed E-state index contributed by atoms with van der Waals surface area (Å²) in [4.78, 5) is 17.2. The molecule has 0 aliphatic carbocycles. The molecule has 5 rings (SSSR count). The third-order valence-electron chi connectivity index (χ3n) is 6.03. The van der Waals surface area contributed by atoms with E-state index in [-0.39, 0.29) is 0 Å². The Labute approximate surface area is 195 Å². The highest BCUT2D eigenvalue weighted by Gasteiger charge is 2.26. The summed E-state index contributed by atoms with van der Waals surface area (Å²) in [5.74, 6) is 2.70. The van der Waals surface area contributed by atoms with Crippen molar-refractivity contribution in [2.24, 2.45) is 4.99 Å². The third kappa shape index (κ3) is 4.91. The van der Waals surface area contributed by atoms with Crippen molar-refractivity contribution in [2.75, 3.05) is 36.5 Å². The number of morpholine rings is 1. The number of hydrogen-bond acceptors (Lipinski definition) is 6. The van der Waals surface area contributed by atoms with E-state index in [2.05, 4.69) is 74.3 Å². The van der Waals surface area contributed by atoms with E-state index in [1.54, 1.807) is 0 Å². The normalized spacial score (nSPS) is 15.4. The summed E-state index contributed by atoms with van der Waals surface area (Å²) < 4.78 is 5.58. The number of aliphatic imine (C=N–C) groups is 1. The second-order valence-corrected chi connectivity index (χ2v) is 9.27. The van der Waals surface area contributed by atoms with Gasteiger partial charge in [-0.3, -0.25) is 0 Å². The SMILES string of the molecule is Cc1cc(C)cc(Cc2nc3c(c(N4CCOCC4)n2)N=C(Nc2cc(C)cc(C)c2)C3)c1. The monoisotopic (exact) mass is 441 g/mol. The zero-order valence-electron chi connectivity index (χ0n) is 19.9. The molecule has 1 aromatic heterocycles. The average molecular weight is 442 g/mol. The van der Waals surface area contributed by atoms with Gasteiger partial charge < -0.3 is 15.0 Å². The van der Waals surface area contributed by atoms with Crippen molar-refractivity contribution in [1.82, 2.24) is 9.97 Å². The minimum Gasteiger partial charge on any atom is -0.378 e. The number of hydrogen-bond donors (Lipinski definition) is 1. The van der Waals surface area contributed by atoms with Gasteiger partial charge in [0.05, 0.1) is 25.3 Å². The van der Waals surface area contributed by atoms with E-state index in [0.29, 0.717) is 26.1 Å². The number of nitrogens with zero attached hydrogens (tertiary/aromatic N) is 4. The van der Waals surface area contributed by atoms with Gasteiger partial charge in [0.15, 0.2) is 5.82 Å². The molecular formula is C27H31N5O. The number of anilines is 2. The number of benzene rings is 2. The molecule has 3 aromatic rings. The Kier molecular flexibility index (Phi) is 5.85. The molecule has 0 radical (unpaired) electrons. The van der Waals surface area contributed by atoms with Crippen LogP contribution in [0.3, 0.4) is 0 Å². The molecule has 0 amide bonds. The Morgan fingerprint density at radius 3 is 2.15 bits per heavy atom. The number of ether oxygens (including phenoxy) is 1. The number of amidine groups is 1. The number of aromatic nitrogens is 2.